The van der Waals surface area contributed by atoms with Crippen LogP contribution in [-0.4, -0.2) is 27.8 Å². The molecule has 2 rings (SSSR count). The van der Waals surface area contributed by atoms with E-state index in [9.17, 15) is 13.2 Å². The van der Waals surface area contributed by atoms with Gasteiger partial charge in [-0.15, -0.1) is 0 Å². The second-order valence-corrected chi connectivity index (χ2v) is 6.29. The number of carbonyl (C=O) groups is 1. The first-order chi connectivity index (χ1) is 10.9. The largest absolute Gasteiger partial charge is 0.497 e. The Morgan fingerprint density at radius 3 is 2.52 bits per heavy atom. The molecule has 6 nitrogen and oxygen atoms in total. The van der Waals surface area contributed by atoms with Crippen LogP contribution in [0.1, 0.15) is 15.9 Å². The molecular formula is C16H16O6S. The first-order valence-corrected chi connectivity index (χ1v) is 8.49. The van der Waals surface area contributed by atoms with Crippen molar-refractivity contribution in [3.63, 3.8) is 0 Å². The van der Waals surface area contributed by atoms with Gasteiger partial charge in [0.2, 0.25) is 0 Å². The first-order valence-electron chi connectivity index (χ1n) is 6.67. The lowest BCUT2D eigenvalue weighted by Gasteiger charge is -2.11. The van der Waals surface area contributed by atoms with Crippen molar-refractivity contribution in [2.75, 3.05) is 13.4 Å². The molecule has 0 unspecified atom stereocenters. The monoisotopic (exact) mass is 336 g/mol. The average molecular weight is 336 g/mol. The molecule has 0 aliphatic carbocycles. The van der Waals surface area contributed by atoms with Gasteiger partial charge in [0.25, 0.3) is 0 Å². The number of methoxy groups -OCH3 is 1. The Kier molecular flexibility index (Phi) is 5.23. The maximum atomic E-state index is 11.9. The highest BCUT2D eigenvalue weighted by Crippen LogP contribution is 2.22. The third-order valence-electron chi connectivity index (χ3n) is 2.86. The summed E-state index contributed by atoms with van der Waals surface area (Å²) in [5, 5.41) is 0. The molecule has 122 valence electrons. The van der Waals surface area contributed by atoms with Crippen molar-refractivity contribution in [2.24, 2.45) is 0 Å². The van der Waals surface area contributed by atoms with Gasteiger partial charge in [-0.05, 0) is 29.8 Å². The molecule has 0 N–H and O–H groups in total. The normalized spacial score (nSPS) is 10.9. The molecule has 0 aliphatic rings. The number of hydrogen-bond donors (Lipinski definition) is 0. The highest BCUT2D eigenvalue weighted by Gasteiger charge is 2.18. The van der Waals surface area contributed by atoms with Crippen LogP contribution in [-0.2, 0) is 20.9 Å². The van der Waals surface area contributed by atoms with E-state index in [1.54, 1.807) is 37.4 Å². The van der Waals surface area contributed by atoms with Gasteiger partial charge in [0, 0.05) is 0 Å². The van der Waals surface area contributed by atoms with Gasteiger partial charge >= 0.3 is 16.1 Å². The zero-order valence-electron chi connectivity index (χ0n) is 12.7. The Balaban J connectivity index is 2.15. The second kappa shape index (κ2) is 7.15. The topological polar surface area (TPSA) is 78.9 Å². The Labute approximate surface area is 134 Å². The van der Waals surface area contributed by atoms with Crippen LogP contribution in [0.2, 0.25) is 0 Å². The molecule has 0 aromatic heterocycles. The summed E-state index contributed by atoms with van der Waals surface area (Å²) in [6, 6.07) is 13.6. The van der Waals surface area contributed by atoms with E-state index in [4.69, 9.17) is 9.47 Å². The third-order valence-corrected chi connectivity index (χ3v) is 3.32. The van der Waals surface area contributed by atoms with E-state index in [1.807, 2.05) is 12.1 Å². The predicted octanol–water partition coefficient (Wildman–Crippen LogP) is 2.39. The molecule has 0 saturated carbocycles. The highest BCUT2D eigenvalue weighted by atomic mass is 32.2. The van der Waals surface area contributed by atoms with Crippen LogP contribution in [0.4, 0.5) is 0 Å². The van der Waals surface area contributed by atoms with Crippen molar-refractivity contribution in [1.82, 2.24) is 0 Å². The summed E-state index contributed by atoms with van der Waals surface area (Å²) in [7, 11) is -2.32. The molecule has 0 aliphatic heterocycles. The van der Waals surface area contributed by atoms with Gasteiger partial charge in [0.05, 0.1) is 13.4 Å². The molecule has 0 atom stereocenters. The lowest BCUT2D eigenvalue weighted by molar-refractivity contribution is 0.0743. The van der Waals surface area contributed by atoms with E-state index in [1.165, 1.54) is 6.07 Å². The van der Waals surface area contributed by atoms with Crippen molar-refractivity contribution in [1.29, 1.82) is 0 Å². The zero-order valence-corrected chi connectivity index (χ0v) is 13.5. The molecule has 2 aromatic rings. The van der Waals surface area contributed by atoms with E-state index in [-0.39, 0.29) is 17.9 Å². The van der Waals surface area contributed by atoms with Gasteiger partial charge in [-0.2, -0.15) is 8.42 Å². The fraction of sp³-hybridized carbons (Fsp3) is 0.188. The van der Waals surface area contributed by atoms with Gasteiger partial charge in [-0.1, -0.05) is 24.3 Å². The molecule has 0 bridgehead atoms. The van der Waals surface area contributed by atoms with Crippen LogP contribution >= 0.6 is 0 Å². The maximum absolute atomic E-state index is 11.9. The number of ether oxygens (including phenoxy) is 2. The summed E-state index contributed by atoms with van der Waals surface area (Å²) in [4.78, 5) is 11.9. The highest BCUT2D eigenvalue weighted by molar-refractivity contribution is 7.86. The number of carbonyl (C=O) groups excluding carboxylic acids is 1. The zero-order chi connectivity index (χ0) is 16.9. The predicted molar refractivity (Wildman–Crippen MR) is 84.0 cm³/mol. The van der Waals surface area contributed by atoms with Crippen molar-refractivity contribution >= 4 is 16.1 Å². The standard InChI is InChI=1S/C16H16O6S/c1-20-13-7-5-6-12(10-13)11-21-15-9-4-3-8-14(15)16(17)22-23(2,18)19/h3-10H,11H2,1-2H3. The van der Waals surface area contributed by atoms with E-state index >= 15 is 0 Å². The van der Waals surface area contributed by atoms with Gasteiger partial charge in [-0.3, -0.25) is 0 Å². The van der Waals surface area contributed by atoms with Crippen LogP contribution in [0, 0.1) is 0 Å². The van der Waals surface area contributed by atoms with Gasteiger partial charge in [-0.25, -0.2) is 4.79 Å². The average Bonchev–Trinajstić information content (AvgIpc) is 2.52. The third kappa shape index (κ3) is 5.00. The number of hydrogen-bond acceptors (Lipinski definition) is 6. The van der Waals surface area contributed by atoms with Crippen molar-refractivity contribution in [3.8, 4) is 11.5 Å². The summed E-state index contributed by atoms with van der Waals surface area (Å²) in [5.74, 6) is -0.0476. The summed E-state index contributed by atoms with van der Waals surface area (Å²) in [6.07, 6.45) is 0.810. The fourth-order valence-corrected chi connectivity index (χ4v) is 2.23. The molecule has 23 heavy (non-hydrogen) atoms. The van der Waals surface area contributed by atoms with Gasteiger partial charge in [0.15, 0.2) is 0 Å². The Morgan fingerprint density at radius 2 is 1.83 bits per heavy atom. The maximum Gasteiger partial charge on any atom is 0.357 e. The summed E-state index contributed by atoms with van der Waals surface area (Å²) >= 11 is 0. The Morgan fingerprint density at radius 1 is 1.09 bits per heavy atom. The fourth-order valence-electron chi connectivity index (χ4n) is 1.87. The molecule has 0 radical (unpaired) electrons. The van der Waals surface area contributed by atoms with E-state index < -0.39 is 16.1 Å². The molecule has 7 heteroatoms. The van der Waals surface area contributed by atoms with Crippen LogP contribution in [0.15, 0.2) is 48.5 Å². The summed E-state index contributed by atoms with van der Waals surface area (Å²) in [5.41, 5.74) is 0.886. The summed E-state index contributed by atoms with van der Waals surface area (Å²) < 4.78 is 37.3. The minimum atomic E-state index is -3.89. The minimum absolute atomic E-state index is 0.0424. The van der Waals surface area contributed by atoms with Gasteiger partial charge < -0.3 is 13.7 Å². The lowest BCUT2D eigenvalue weighted by atomic mass is 10.2. The molecule has 0 saturated heterocycles. The minimum Gasteiger partial charge on any atom is -0.497 e. The lowest BCUT2D eigenvalue weighted by Crippen LogP contribution is -2.13. The SMILES string of the molecule is COc1cccc(COc2ccccc2C(=O)OS(C)(=O)=O)c1. The van der Waals surface area contributed by atoms with Crippen molar-refractivity contribution in [3.05, 3.63) is 59.7 Å². The summed E-state index contributed by atoms with van der Waals surface area (Å²) in [6.45, 7) is 0.195. The molecule has 0 fully saturated rings. The van der Waals surface area contributed by atoms with Crippen LogP contribution in [0.3, 0.4) is 0 Å². The molecule has 0 amide bonds. The Bertz CT molecular complexity index is 798. The van der Waals surface area contributed by atoms with E-state index in [2.05, 4.69) is 4.18 Å². The van der Waals surface area contributed by atoms with Crippen LogP contribution < -0.4 is 9.47 Å². The van der Waals surface area contributed by atoms with Crippen LogP contribution in [0.25, 0.3) is 0 Å². The number of benzene rings is 2. The van der Waals surface area contributed by atoms with E-state index in [0.717, 1.165) is 11.8 Å². The van der Waals surface area contributed by atoms with Crippen LogP contribution in [0.5, 0.6) is 11.5 Å². The van der Waals surface area contributed by atoms with E-state index in [0.29, 0.717) is 5.75 Å². The number of rotatable bonds is 6. The number of para-hydroxylation sites is 1. The molecule has 0 heterocycles. The van der Waals surface area contributed by atoms with Crippen molar-refractivity contribution in [2.45, 2.75) is 6.61 Å². The van der Waals surface area contributed by atoms with Gasteiger partial charge in [0.1, 0.15) is 23.7 Å². The molecule has 2 aromatic carbocycles. The smallest absolute Gasteiger partial charge is 0.357 e. The molecular weight excluding hydrogens is 320 g/mol. The molecule has 0 spiro atoms. The quantitative estimate of drug-likeness (QED) is 0.754. The first kappa shape index (κ1) is 16.8. The Hall–Kier alpha value is -2.54. The second-order valence-electron chi connectivity index (χ2n) is 4.71. The van der Waals surface area contributed by atoms with Crippen molar-refractivity contribution < 1.29 is 26.9 Å².